The topological polar surface area (TPSA) is 35.5 Å². The monoisotopic (exact) mass is 506 g/mol. The van der Waals surface area contributed by atoms with Gasteiger partial charge >= 0.3 is 5.97 Å². The van der Waals surface area contributed by atoms with Crippen LogP contribution in [-0.4, -0.2) is 17.7 Å². The Balaban J connectivity index is 1.47. The molecule has 3 nitrogen and oxygen atoms in total. The van der Waals surface area contributed by atoms with Gasteiger partial charge in [0.1, 0.15) is 11.4 Å². The van der Waals surface area contributed by atoms with Crippen molar-refractivity contribution in [1.82, 2.24) is 0 Å². The molecule has 1 aliphatic carbocycles. The summed E-state index contributed by atoms with van der Waals surface area (Å²) in [5.41, 5.74) is 2.26. The first kappa shape index (κ1) is 26.8. The molecule has 0 saturated heterocycles. The van der Waals surface area contributed by atoms with Crippen molar-refractivity contribution in [2.24, 2.45) is 5.92 Å². The number of rotatable bonds is 6. The predicted octanol–water partition coefficient (Wildman–Crippen LogP) is 8.70. The van der Waals surface area contributed by atoms with Crippen molar-refractivity contribution in [3.05, 3.63) is 77.9 Å². The summed E-state index contributed by atoms with van der Waals surface area (Å²) < 4.78 is 41.3. The second kappa shape index (κ2) is 11.0. The lowest BCUT2D eigenvalue weighted by Crippen LogP contribution is -2.33. The molecule has 196 valence electrons. The zero-order chi connectivity index (χ0) is 26.7. The number of ether oxygens (including phenoxy) is 2. The van der Waals surface area contributed by atoms with Crippen LogP contribution in [0.3, 0.4) is 0 Å². The summed E-state index contributed by atoms with van der Waals surface area (Å²) in [5.74, 6) is -0.452. The standard InChI is InChI=1S/C32H36F2O3/c1-20-6-8-22(9-7-20)23-10-12-24(13-11-23)27-18-19-28(30(34)29(27)33)25-14-16-26(17-15-25)36-21(2)31(35)37-32(3,4)5/h10-22H,6-9H2,1-5H3. The van der Waals surface area contributed by atoms with Crippen LogP contribution in [0.2, 0.25) is 0 Å². The molecule has 5 heteroatoms. The third-order valence-electron chi connectivity index (χ3n) is 7.01. The molecule has 0 spiro atoms. The molecule has 3 aromatic carbocycles. The highest BCUT2D eigenvalue weighted by Gasteiger charge is 2.24. The van der Waals surface area contributed by atoms with Gasteiger partial charge in [0, 0.05) is 11.1 Å². The maximum Gasteiger partial charge on any atom is 0.347 e. The Morgan fingerprint density at radius 1 is 0.811 bits per heavy atom. The lowest BCUT2D eigenvalue weighted by molar-refractivity contribution is -0.162. The van der Waals surface area contributed by atoms with Gasteiger partial charge in [-0.2, -0.15) is 0 Å². The van der Waals surface area contributed by atoms with Crippen molar-refractivity contribution in [2.45, 2.75) is 77.9 Å². The lowest BCUT2D eigenvalue weighted by atomic mass is 9.79. The second-order valence-electron chi connectivity index (χ2n) is 11.2. The van der Waals surface area contributed by atoms with E-state index in [4.69, 9.17) is 9.47 Å². The highest BCUT2D eigenvalue weighted by atomic mass is 19.2. The Labute approximate surface area is 218 Å². The fourth-order valence-electron chi connectivity index (χ4n) is 4.87. The van der Waals surface area contributed by atoms with Crippen LogP contribution in [0.5, 0.6) is 5.75 Å². The predicted molar refractivity (Wildman–Crippen MR) is 144 cm³/mol. The Bertz CT molecular complexity index is 1220. The summed E-state index contributed by atoms with van der Waals surface area (Å²) in [4.78, 5) is 12.2. The van der Waals surface area contributed by atoms with Crippen molar-refractivity contribution in [2.75, 3.05) is 0 Å². The number of halogens is 2. The van der Waals surface area contributed by atoms with Gasteiger partial charge in [-0.1, -0.05) is 68.3 Å². The second-order valence-corrected chi connectivity index (χ2v) is 11.2. The van der Waals surface area contributed by atoms with Crippen molar-refractivity contribution in [3.63, 3.8) is 0 Å². The number of esters is 1. The Hall–Kier alpha value is -3.21. The number of carbonyl (C=O) groups is 1. The molecular formula is C32H36F2O3. The first-order valence-corrected chi connectivity index (χ1v) is 13.1. The molecule has 0 aromatic heterocycles. The van der Waals surface area contributed by atoms with Crippen LogP contribution in [0, 0.1) is 17.6 Å². The maximum atomic E-state index is 15.2. The summed E-state index contributed by atoms with van der Waals surface area (Å²) >= 11 is 0. The van der Waals surface area contributed by atoms with Crippen LogP contribution in [0.15, 0.2) is 60.7 Å². The van der Waals surface area contributed by atoms with Crippen LogP contribution in [0.1, 0.15) is 71.8 Å². The summed E-state index contributed by atoms with van der Waals surface area (Å²) in [7, 11) is 0. The molecule has 0 amide bonds. The van der Waals surface area contributed by atoms with Gasteiger partial charge in [-0.25, -0.2) is 13.6 Å². The van der Waals surface area contributed by atoms with E-state index in [1.165, 1.54) is 31.2 Å². The van der Waals surface area contributed by atoms with E-state index in [1.807, 2.05) is 12.1 Å². The Kier molecular flexibility index (Phi) is 8.01. The van der Waals surface area contributed by atoms with Crippen LogP contribution in [0.25, 0.3) is 22.3 Å². The van der Waals surface area contributed by atoms with Crippen molar-refractivity contribution in [1.29, 1.82) is 0 Å². The van der Waals surface area contributed by atoms with Crippen molar-refractivity contribution >= 4 is 5.97 Å². The molecule has 0 radical (unpaired) electrons. The molecule has 3 aromatic rings. The molecule has 4 rings (SSSR count). The smallest absolute Gasteiger partial charge is 0.347 e. The Morgan fingerprint density at radius 3 is 1.78 bits per heavy atom. The van der Waals surface area contributed by atoms with Gasteiger partial charge in [0.15, 0.2) is 17.7 Å². The van der Waals surface area contributed by atoms with Gasteiger partial charge in [-0.3, -0.25) is 0 Å². The van der Waals surface area contributed by atoms with E-state index in [9.17, 15) is 4.79 Å². The number of hydrogen-bond acceptors (Lipinski definition) is 3. The molecule has 1 unspecified atom stereocenters. The number of hydrogen-bond donors (Lipinski definition) is 0. The van der Waals surface area contributed by atoms with Crippen LogP contribution < -0.4 is 4.74 Å². The molecule has 37 heavy (non-hydrogen) atoms. The Morgan fingerprint density at radius 2 is 1.30 bits per heavy atom. The minimum Gasteiger partial charge on any atom is -0.479 e. The van der Waals surface area contributed by atoms with E-state index < -0.39 is 29.3 Å². The van der Waals surface area contributed by atoms with Gasteiger partial charge in [0.05, 0.1) is 0 Å². The average Bonchev–Trinajstić information content (AvgIpc) is 2.86. The molecule has 0 N–H and O–H groups in total. The first-order valence-electron chi connectivity index (χ1n) is 13.1. The third kappa shape index (κ3) is 6.57. The molecule has 0 bridgehead atoms. The van der Waals surface area contributed by atoms with Crippen molar-refractivity contribution < 1.29 is 23.0 Å². The van der Waals surface area contributed by atoms with E-state index in [0.717, 1.165) is 5.92 Å². The highest BCUT2D eigenvalue weighted by molar-refractivity contribution is 5.75. The van der Waals surface area contributed by atoms with Gasteiger partial charge in [-0.15, -0.1) is 0 Å². The first-order chi connectivity index (χ1) is 17.5. The van der Waals surface area contributed by atoms with E-state index >= 15 is 8.78 Å². The van der Waals surface area contributed by atoms with Crippen LogP contribution in [0.4, 0.5) is 8.78 Å². The summed E-state index contributed by atoms with van der Waals surface area (Å²) in [6.07, 6.45) is 4.04. The lowest BCUT2D eigenvalue weighted by Gasteiger charge is -2.26. The van der Waals surface area contributed by atoms with Gasteiger partial charge < -0.3 is 9.47 Å². The molecule has 1 saturated carbocycles. The zero-order valence-corrected chi connectivity index (χ0v) is 22.3. The maximum absolute atomic E-state index is 15.2. The average molecular weight is 507 g/mol. The SMILES string of the molecule is CC1CCC(c2ccc(-c3ccc(-c4ccc(OC(C)C(=O)OC(C)(C)C)cc4)c(F)c3F)cc2)CC1. The van der Waals surface area contributed by atoms with Crippen LogP contribution >= 0.6 is 0 Å². The quantitative estimate of drug-likeness (QED) is 0.314. The molecule has 0 heterocycles. The van der Waals surface area contributed by atoms with E-state index in [2.05, 4.69) is 19.1 Å². The highest BCUT2D eigenvalue weighted by Crippen LogP contribution is 2.37. The molecule has 1 fully saturated rings. The van der Waals surface area contributed by atoms with E-state index in [0.29, 0.717) is 22.8 Å². The molecule has 0 aliphatic heterocycles. The van der Waals surface area contributed by atoms with Gasteiger partial charge in [-0.05, 0) is 81.2 Å². The molecule has 1 atom stereocenters. The fraction of sp³-hybridized carbons (Fsp3) is 0.406. The minimum absolute atomic E-state index is 0.168. The van der Waals surface area contributed by atoms with Crippen LogP contribution in [-0.2, 0) is 9.53 Å². The van der Waals surface area contributed by atoms with Gasteiger partial charge in [0.25, 0.3) is 0 Å². The third-order valence-corrected chi connectivity index (χ3v) is 7.01. The van der Waals surface area contributed by atoms with E-state index in [1.54, 1.807) is 64.1 Å². The largest absolute Gasteiger partial charge is 0.479 e. The zero-order valence-electron chi connectivity index (χ0n) is 22.3. The number of benzene rings is 3. The molecule has 1 aliphatic rings. The summed E-state index contributed by atoms with van der Waals surface area (Å²) in [5, 5.41) is 0. The number of carbonyl (C=O) groups excluding carboxylic acids is 1. The van der Waals surface area contributed by atoms with Crippen molar-refractivity contribution in [3.8, 4) is 28.0 Å². The van der Waals surface area contributed by atoms with Gasteiger partial charge in [0.2, 0.25) is 0 Å². The molecular weight excluding hydrogens is 470 g/mol. The van der Waals surface area contributed by atoms with E-state index in [-0.39, 0.29) is 11.1 Å². The summed E-state index contributed by atoms with van der Waals surface area (Å²) in [6, 6.07) is 17.7. The summed E-state index contributed by atoms with van der Waals surface area (Å²) in [6.45, 7) is 9.28. The minimum atomic E-state index is -0.890. The normalized spacial score (nSPS) is 18.8. The fourth-order valence-corrected chi connectivity index (χ4v) is 4.87.